The first-order valence-corrected chi connectivity index (χ1v) is 7.81. The van der Waals surface area contributed by atoms with E-state index in [2.05, 4.69) is 16.8 Å². The Morgan fingerprint density at radius 3 is 2.95 bits per heavy atom. The lowest BCUT2D eigenvalue weighted by molar-refractivity contribution is 0.0736. The van der Waals surface area contributed by atoms with Crippen molar-refractivity contribution < 1.29 is 4.79 Å². The number of hydrogen-bond donors (Lipinski definition) is 1. The van der Waals surface area contributed by atoms with E-state index in [0.29, 0.717) is 11.3 Å². The molecule has 1 amide bonds. The SMILES string of the molecule is Cc1cccc(N)c1C(=O)N1CCCC1c1ccsc1. The highest BCUT2D eigenvalue weighted by atomic mass is 32.1. The quantitative estimate of drug-likeness (QED) is 0.857. The number of thiophene rings is 1. The monoisotopic (exact) mass is 286 g/mol. The molecule has 0 spiro atoms. The zero-order valence-corrected chi connectivity index (χ0v) is 12.3. The normalized spacial score (nSPS) is 18.4. The lowest BCUT2D eigenvalue weighted by atomic mass is 10.0. The summed E-state index contributed by atoms with van der Waals surface area (Å²) in [5.74, 6) is 0.0642. The highest BCUT2D eigenvalue weighted by Gasteiger charge is 2.32. The molecule has 0 radical (unpaired) electrons. The Balaban J connectivity index is 1.94. The number of carbonyl (C=O) groups is 1. The topological polar surface area (TPSA) is 46.3 Å². The van der Waals surface area contributed by atoms with Crippen LogP contribution in [0.5, 0.6) is 0 Å². The Morgan fingerprint density at radius 1 is 1.40 bits per heavy atom. The van der Waals surface area contributed by atoms with E-state index in [1.54, 1.807) is 17.4 Å². The Morgan fingerprint density at radius 2 is 2.25 bits per heavy atom. The van der Waals surface area contributed by atoms with Crippen LogP contribution in [0.1, 0.15) is 40.4 Å². The van der Waals surface area contributed by atoms with Gasteiger partial charge >= 0.3 is 0 Å². The second-order valence-corrected chi connectivity index (χ2v) is 6.03. The number of rotatable bonds is 2. The van der Waals surface area contributed by atoms with Gasteiger partial charge in [0, 0.05) is 12.2 Å². The van der Waals surface area contributed by atoms with E-state index in [-0.39, 0.29) is 11.9 Å². The first-order valence-electron chi connectivity index (χ1n) is 6.86. The van der Waals surface area contributed by atoms with Gasteiger partial charge in [0.1, 0.15) is 0 Å². The van der Waals surface area contributed by atoms with E-state index < -0.39 is 0 Å². The van der Waals surface area contributed by atoms with Crippen molar-refractivity contribution >= 4 is 22.9 Å². The van der Waals surface area contributed by atoms with Crippen molar-refractivity contribution in [2.24, 2.45) is 0 Å². The minimum atomic E-state index is 0.0642. The molecule has 1 aromatic heterocycles. The number of aryl methyl sites for hydroxylation is 1. The van der Waals surface area contributed by atoms with Gasteiger partial charge in [0.15, 0.2) is 0 Å². The van der Waals surface area contributed by atoms with Crippen LogP contribution in [0.25, 0.3) is 0 Å². The summed E-state index contributed by atoms with van der Waals surface area (Å²) in [5, 5.41) is 4.20. The molecule has 4 heteroatoms. The first kappa shape index (κ1) is 13.2. The van der Waals surface area contributed by atoms with Crippen molar-refractivity contribution in [3.63, 3.8) is 0 Å². The average Bonchev–Trinajstić information content (AvgIpc) is 3.09. The van der Waals surface area contributed by atoms with Gasteiger partial charge in [0.25, 0.3) is 5.91 Å². The third-order valence-electron chi connectivity index (χ3n) is 3.96. The smallest absolute Gasteiger partial charge is 0.256 e. The average molecular weight is 286 g/mol. The van der Waals surface area contributed by atoms with Crippen LogP contribution in [0.15, 0.2) is 35.0 Å². The zero-order valence-electron chi connectivity index (χ0n) is 11.5. The predicted octanol–water partition coefficient (Wildman–Crippen LogP) is 3.62. The van der Waals surface area contributed by atoms with E-state index in [1.165, 1.54) is 5.56 Å². The van der Waals surface area contributed by atoms with Gasteiger partial charge in [-0.15, -0.1) is 0 Å². The molecule has 1 aliphatic rings. The summed E-state index contributed by atoms with van der Waals surface area (Å²) in [4.78, 5) is 14.8. The summed E-state index contributed by atoms with van der Waals surface area (Å²) < 4.78 is 0. The van der Waals surface area contributed by atoms with E-state index >= 15 is 0 Å². The highest BCUT2D eigenvalue weighted by Crippen LogP contribution is 2.35. The molecule has 1 atom stereocenters. The van der Waals surface area contributed by atoms with Crippen LogP contribution in [0.2, 0.25) is 0 Å². The van der Waals surface area contributed by atoms with Gasteiger partial charge in [-0.1, -0.05) is 12.1 Å². The number of anilines is 1. The molecule has 1 fully saturated rings. The molecule has 3 rings (SSSR count). The number of hydrogen-bond acceptors (Lipinski definition) is 3. The van der Waals surface area contributed by atoms with E-state index in [0.717, 1.165) is 24.9 Å². The maximum Gasteiger partial charge on any atom is 0.256 e. The molecule has 0 bridgehead atoms. The van der Waals surface area contributed by atoms with Gasteiger partial charge in [-0.05, 0) is 53.8 Å². The number of benzene rings is 1. The number of amides is 1. The summed E-state index contributed by atoms with van der Waals surface area (Å²) in [6.07, 6.45) is 2.09. The summed E-state index contributed by atoms with van der Waals surface area (Å²) in [6.45, 7) is 2.76. The number of nitrogens with zero attached hydrogens (tertiary/aromatic N) is 1. The maximum absolute atomic E-state index is 12.8. The largest absolute Gasteiger partial charge is 0.398 e. The lowest BCUT2D eigenvalue weighted by Crippen LogP contribution is -2.31. The Labute approximate surface area is 123 Å². The Kier molecular flexibility index (Phi) is 3.49. The molecule has 1 saturated heterocycles. The summed E-state index contributed by atoms with van der Waals surface area (Å²) >= 11 is 1.68. The van der Waals surface area contributed by atoms with Gasteiger partial charge in [-0.25, -0.2) is 0 Å². The summed E-state index contributed by atoms with van der Waals surface area (Å²) in [5.41, 5.74) is 9.44. The van der Waals surface area contributed by atoms with Gasteiger partial charge in [-0.3, -0.25) is 4.79 Å². The molecule has 1 aliphatic heterocycles. The molecule has 2 N–H and O–H groups in total. The van der Waals surface area contributed by atoms with E-state index in [4.69, 9.17) is 5.73 Å². The third kappa shape index (κ3) is 2.20. The van der Waals surface area contributed by atoms with Crippen LogP contribution in [0, 0.1) is 6.92 Å². The van der Waals surface area contributed by atoms with Crippen LogP contribution in [0.3, 0.4) is 0 Å². The fourth-order valence-corrected chi connectivity index (χ4v) is 3.65. The molecular weight excluding hydrogens is 268 g/mol. The second-order valence-electron chi connectivity index (χ2n) is 5.25. The molecule has 104 valence electrons. The fraction of sp³-hybridized carbons (Fsp3) is 0.312. The van der Waals surface area contributed by atoms with Crippen molar-refractivity contribution in [2.75, 3.05) is 12.3 Å². The molecule has 3 nitrogen and oxygen atoms in total. The summed E-state index contributed by atoms with van der Waals surface area (Å²) in [6, 6.07) is 7.95. The van der Waals surface area contributed by atoms with Gasteiger partial charge < -0.3 is 10.6 Å². The molecule has 1 aromatic carbocycles. The number of nitrogens with two attached hydrogens (primary N) is 1. The standard InChI is InChI=1S/C16H18N2OS/c1-11-4-2-5-13(17)15(11)16(19)18-8-3-6-14(18)12-7-9-20-10-12/h2,4-5,7,9-10,14H,3,6,8,17H2,1H3. The van der Waals surface area contributed by atoms with Crippen molar-refractivity contribution in [3.05, 3.63) is 51.7 Å². The lowest BCUT2D eigenvalue weighted by Gasteiger charge is -2.25. The molecule has 20 heavy (non-hydrogen) atoms. The number of carbonyl (C=O) groups excluding carboxylic acids is 1. The molecule has 0 saturated carbocycles. The van der Waals surface area contributed by atoms with Crippen molar-refractivity contribution in [1.29, 1.82) is 0 Å². The van der Waals surface area contributed by atoms with Crippen LogP contribution in [0.4, 0.5) is 5.69 Å². The van der Waals surface area contributed by atoms with Crippen molar-refractivity contribution in [2.45, 2.75) is 25.8 Å². The van der Waals surface area contributed by atoms with Crippen LogP contribution < -0.4 is 5.73 Å². The van der Waals surface area contributed by atoms with Gasteiger partial charge in [0.05, 0.1) is 11.6 Å². The molecule has 0 aliphatic carbocycles. The maximum atomic E-state index is 12.8. The second kappa shape index (κ2) is 5.29. The minimum Gasteiger partial charge on any atom is -0.398 e. The molecule has 2 heterocycles. The highest BCUT2D eigenvalue weighted by molar-refractivity contribution is 7.07. The van der Waals surface area contributed by atoms with Crippen LogP contribution in [-0.4, -0.2) is 17.4 Å². The van der Waals surface area contributed by atoms with Crippen LogP contribution in [-0.2, 0) is 0 Å². The first-order chi connectivity index (χ1) is 9.68. The van der Waals surface area contributed by atoms with Crippen molar-refractivity contribution in [3.8, 4) is 0 Å². The third-order valence-corrected chi connectivity index (χ3v) is 4.66. The predicted molar refractivity (Wildman–Crippen MR) is 82.9 cm³/mol. The Bertz CT molecular complexity index is 601. The fourth-order valence-electron chi connectivity index (χ4n) is 2.95. The number of likely N-dealkylation sites (tertiary alicyclic amines) is 1. The van der Waals surface area contributed by atoms with E-state index in [9.17, 15) is 4.79 Å². The van der Waals surface area contributed by atoms with Crippen molar-refractivity contribution in [1.82, 2.24) is 4.90 Å². The zero-order chi connectivity index (χ0) is 14.1. The molecule has 2 aromatic rings. The minimum absolute atomic E-state index is 0.0642. The molecule has 1 unspecified atom stereocenters. The van der Waals surface area contributed by atoms with Crippen LogP contribution >= 0.6 is 11.3 Å². The molecular formula is C16H18N2OS. The van der Waals surface area contributed by atoms with Gasteiger partial charge in [0.2, 0.25) is 0 Å². The number of nitrogen functional groups attached to an aromatic ring is 1. The Hall–Kier alpha value is -1.81. The summed E-state index contributed by atoms with van der Waals surface area (Å²) in [7, 11) is 0. The van der Waals surface area contributed by atoms with E-state index in [1.807, 2.05) is 24.0 Å². The van der Waals surface area contributed by atoms with Gasteiger partial charge in [-0.2, -0.15) is 11.3 Å².